The number of aliphatic imine (C=N–C) groups is 2. The van der Waals surface area contributed by atoms with Crippen LogP contribution in [0.3, 0.4) is 0 Å². The number of hydrogen-bond donors (Lipinski definition) is 0. The van der Waals surface area contributed by atoms with Gasteiger partial charge in [0, 0.05) is 30.8 Å². The highest BCUT2D eigenvalue weighted by Gasteiger charge is 2.31. The van der Waals surface area contributed by atoms with Gasteiger partial charge in [0.2, 0.25) is 5.96 Å². The summed E-state index contributed by atoms with van der Waals surface area (Å²) in [5, 5.41) is 0. The maximum atomic E-state index is 12.2. The molecule has 0 radical (unpaired) electrons. The van der Waals surface area contributed by atoms with Crippen LogP contribution >= 0.6 is 0 Å². The van der Waals surface area contributed by atoms with Gasteiger partial charge in [-0.05, 0) is 6.92 Å². The van der Waals surface area contributed by atoms with Crippen LogP contribution in [0.1, 0.15) is 22.8 Å². The Morgan fingerprint density at radius 1 is 1.06 bits per heavy atom. The van der Waals surface area contributed by atoms with Crippen molar-refractivity contribution in [1.29, 1.82) is 0 Å². The summed E-state index contributed by atoms with van der Waals surface area (Å²) in [7, 11) is 3.79. The highest BCUT2D eigenvalue weighted by Crippen LogP contribution is 2.30. The van der Waals surface area contributed by atoms with E-state index in [4.69, 9.17) is 0 Å². The number of fused-ring (bicyclic) bond motifs is 3. The lowest BCUT2D eigenvalue weighted by Gasteiger charge is -2.16. The lowest BCUT2D eigenvalue weighted by atomic mass is 9.88. The van der Waals surface area contributed by atoms with E-state index in [1.54, 1.807) is 0 Å². The number of rotatable bonds is 0. The van der Waals surface area contributed by atoms with E-state index in [0.29, 0.717) is 22.8 Å². The van der Waals surface area contributed by atoms with Crippen molar-refractivity contribution >= 4 is 17.5 Å². The van der Waals surface area contributed by atoms with Crippen molar-refractivity contribution in [2.45, 2.75) is 6.92 Å². The standard InChI is InChI=1S/C14H13N3O/c1-8-11-12(16-14(15-11)17(2)3)9-6-4-5-7-10(9)13(8)18/h4-7H,1-3H3. The Hall–Kier alpha value is -2.23. The fraction of sp³-hybridized carbons (Fsp3) is 0.214. The number of Topliss-reactive ketones (excluding diaryl/α,β-unsaturated/α-hetero) is 1. The molecule has 2 aliphatic rings. The van der Waals surface area contributed by atoms with E-state index < -0.39 is 0 Å². The molecule has 1 aromatic carbocycles. The summed E-state index contributed by atoms with van der Waals surface area (Å²) in [6.07, 6.45) is 0. The molecule has 1 aliphatic carbocycles. The van der Waals surface area contributed by atoms with Gasteiger partial charge < -0.3 is 4.90 Å². The van der Waals surface area contributed by atoms with Gasteiger partial charge >= 0.3 is 0 Å². The quantitative estimate of drug-likeness (QED) is 0.694. The molecule has 0 spiro atoms. The lowest BCUT2D eigenvalue weighted by Crippen LogP contribution is -2.19. The van der Waals surface area contributed by atoms with Crippen LogP contribution in [0.25, 0.3) is 0 Å². The van der Waals surface area contributed by atoms with E-state index in [-0.39, 0.29) is 5.78 Å². The largest absolute Gasteiger partial charge is 0.347 e. The molecule has 0 saturated carbocycles. The molecule has 0 saturated heterocycles. The number of guanidine groups is 1. The normalized spacial score (nSPS) is 17.2. The van der Waals surface area contributed by atoms with Crippen LogP contribution in [-0.2, 0) is 0 Å². The number of nitrogens with zero attached hydrogens (tertiary/aromatic N) is 3. The van der Waals surface area contributed by atoms with E-state index >= 15 is 0 Å². The fourth-order valence-corrected chi connectivity index (χ4v) is 2.18. The molecule has 0 aromatic heterocycles. The Balaban J connectivity index is 2.26. The summed E-state index contributed by atoms with van der Waals surface area (Å²) in [5.41, 5.74) is 3.79. The Morgan fingerprint density at radius 3 is 2.39 bits per heavy atom. The topological polar surface area (TPSA) is 45.0 Å². The highest BCUT2D eigenvalue weighted by atomic mass is 16.1. The third kappa shape index (κ3) is 1.35. The lowest BCUT2D eigenvalue weighted by molar-refractivity contribution is 0.103. The number of ketones is 1. The maximum absolute atomic E-state index is 12.2. The Bertz CT molecular complexity index is 651. The molecule has 1 heterocycles. The molecular formula is C14H13N3O. The monoisotopic (exact) mass is 239 g/mol. The van der Waals surface area contributed by atoms with Crippen LogP contribution < -0.4 is 0 Å². The molecule has 4 heteroatoms. The molecule has 1 aliphatic heterocycles. The predicted octanol–water partition coefficient (Wildman–Crippen LogP) is 1.88. The first-order valence-corrected chi connectivity index (χ1v) is 5.79. The van der Waals surface area contributed by atoms with E-state index in [0.717, 1.165) is 11.3 Å². The van der Waals surface area contributed by atoms with Crippen molar-refractivity contribution in [1.82, 2.24) is 4.90 Å². The van der Waals surface area contributed by atoms with Crippen LogP contribution in [0.5, 0.6) is 0 Å². The summed E-state index contributed by atoms with van der Waals surface area (Å²) in [6, 6.07) is 7.56. The van der Waals surface area contributed by atoms with Gasteiger partial charge in [-0.2, -0.15) is 0 Å². The van der Waals surface area contributed by atoms with E-state index in [1.807, 2.05) is 50.2 Å². The molecule has 18 heavy (non-hydrogen) atoms. The molecule has 90 valence electrons. The van der Waals surface area contributed by atoms with Crippen LogP contribution in [0.15, 0.2) is 45.5 Å². The van der Waals surface area contributed by atoms with Crippen molar-refractivity contribution in [2.75, 3.05) is 14.1 Å². The number of benzene rings is 1. The number of hydrogen-bond acceptors (Lipinski definition) is 4. The van der Waals surface area contributed by atoms with E-state index in [9.17, 15) is 4.79 Å². The van der Waals surface area contributed by atoms with Gasteiger partial charge in [0.05, 0.1) is 0 Å². The summed E-state index contributed by atoms with van der Waals surface area (Å²) >= 11 is 0. The van der Waals surface area contributed by atoms with Crippen LogP contribution in [-0.4, -0.2) is 36.4 Å². The summed E-state index contributed by atoms with van der Waals surface area (Å²) in [5.74, 6) is 0.687. The van der Waals surface area contributed by atoms with Gasteiger partial charge in [-0.1, -0.05) is 24.3 Å². The SMILES string of the molecule is CC1=C2N=C(N(C)C)N=C2c2ccccc2C1=O. The molecule has 0 atom stereocenters. The summed E-state index contributed by atoms with van der Waals surface area (Å²) in [6.45, 7) is 1.81. The van der Waals surface area contributed by atoms with Crippen LogP contribution in [0.2, 0.25) is 0 Å². The second kappa shape index (κ2) is 3.63. The number of allylic oxidation sites excluding steroid dienone is 2. The third-order valence-electron chi connectivity index (χ3n) is 3.17. The predicted molar refractivity (Wildman–Crippen MR) is 71.1 cm³/mol. The first kappa shape index (κ1) is 10.9. The van der Waals surface area contributed by atoms with Crippen molar-refractivity contribution in [2.24, 2.45) is 9.98 Å². The van der Waals surface area contributed by atoms with Gasteiger partial charge in [0.1, 0.15) is 11.4 Å². The minimum absolute atomic E-state index is 0.0447. The van der Waals surface area contributed by atoms with E-state index in [2.05, 4.69) is 9.98 Å². The molecule has 1 aromatic rings. The first-order chi connectivity index (χ1) is 8.59. The first-order valence-electron chi connectivity index (χ1n) is 5.79. The smallest absolute Gasteiger partial charge is 0.226 e. The van der Waals surface area contributed by atoms with Crippen LogP contribution in [0.4, 0.5) is 0 Å². The van der Waals surface area contributed by atoms with Crippen molar-refractivity contribution in [3.05, 3.63) is 46.7 Å². The zero-order chi connectivity index (χ0) is 12.9. The summed E-state index contributed by atoms with van der Waals surface area (Å²) in [4.78, 5) is 23.0. The Kier molecular flexibility index (Phi) is 2.20. The molecule has 0 fully saturated rings. The maximum Gasteiger partial charge on any atom is 0.226 e. The van der Waals surface area contributed by atoms with Crippen molar-refractivity contribution in [3.8, 4) is 0 Å². The number of carbonyl (C=O) groups is 1. The third-order valence-corrected chi connectivity index (χ3v) is 3.17. The van der Waals surface area contributed by atoms with Crippen molar-refractivity contribution in [3.63, 3.8) is 0 Å². The molecule has 4 nitrogen and oxygen atoms in total. The van der Waals surface area contributed by atoms with Crippen LogP contribution in [0, 0.1) is 0 Å². The van der Waals surface area contributed by atoms with Gasteiger partial charge in [-0.15, -0.1) is 0 Å². The molecular weight excluding hydrogens is 226 g/mol. The molecule has 3 rings (SSSR count). The zero-order valence-electron chi connectivity index (χ0n) is 10.6. The molecule has 0 unspecified atom stereocenters. The second-order valence-electron chi connectivity index (χ2n) is 4.61. The molecule has 0 bridgehead atoms. The van der Waals surface area contributed by atoms with E-state index in [1.165, 1.54) is 0 Å². The zero-order valence-corrected chi connectivity index (χ0v) is 10.6. The average Bonchev–Trinajstić information content (AvgIpc) is 2.81. The Morgan fingerprint density at radius 2 is 1.72 bits per heavy atom. The van der Waals surface area contributed by atoms with Gasteiger partial charge in [-0.25, -0.2) is 9.98 Å². The van der Waals surface area contributed by atoms with Gasteiger partial charge in [0.25, 0.3) is 0 Å². The summed E-state index contributed by atoms with van der Waals surface area (Å²) < 4.78 is 0. The average molecular weight is 239 g/mol. The minimum Gasteiger partial charge on any atom is -0.347 e. The molecule has 0 amide bonds. The molecule has 0 N–H and O–H groups in total. The Labute approximate surface area is 105 Å². The fourth-order valence-electron chi connectivity index (χ4n) is 2.18. The second-order valence-corrected chi connectivity index (χ2v) is 4.61. The number of carbonyl (C=O) groups excluding carboxylic acids is 1. The van der Waals surface area contributed by atoms with Gasteiger partial charge in [-0.3, -0.25) is 4.79 Å². The minimum atomic E-state index is 0.0447. The van der Waals surface area contributed by atoms with Crippen molar-refractivity contribution < 1.29 is 4.79 Å². The van der Waals surface area contributed by atoms with Gasteiger partial charge in [0.15, 0.2) is 5.78 Å². The highest BCUT2D eigenvalue weighted by molar-refractivity contribution is 6.32.